The summed E-state index contributed by atoms with van der Waals surface area (Å²) in [6, 6.07) is 5.49. The van der Waals surface area contributed by atoms with E-state index in [1.165, 1.54) is 6.08 Å². The zero-order chi connectivity index (χ0) is 13.7. The normalized spacial score (nSPS) is 12.5. The molecule has 0 atom stereocenters. The second-order valence-electron chi connectivity index (χ2n) is 4.36. The molecule has 100 valence electrons. The summed E-state index contributed by atoms with van der Waals surface area (Å²) in [5, 5.41) is 0. The Labute approximate surface area is 112 Å². The van der Waals surface area contributed by atoms with Gasteiger partial charge in [-0.3, -0.25) is 0 Å². The smallest absolute Gasteiger partial charge is 0.331 e. The number of ether oxygens (including phenoxy) is 3. The number of carbonyl (C=O) groups is 1. The van der Waals surface area contributed by atoms with E-state index in [0.29, 0.717) is 12.4 Å². The number of rotatable bonds is 4. The van der Waals surface area contributed by atoms with Crippen LogP contribution in [0.25, 0.3) is 6.08 Å². The van der Waals surface area contributed by atoms with Crippen molar-refractivity contribution in [2.45, 2.75) is 13.8 Å². The first-order valence-corrected chi connectivity index (χ1v) is 6.03. The Hall–Kier alpha value is -2.23. The molecule has 1 aromatic carbocycles. The molecule has 0 saturated carbocycles. The van der Waals surface area contributed by atoms with E-state index >= 15 is 0 Å². The van der Waals surface area contributed by atoms with Crippen LogP contribution in [-0.2, 0) is 9.53 Å². The maximum Gasteiger partial charge on any atom is 0.331 e. The van der Waals surface area contributed by atoms with Crippen molar-refractivity contribution in [3.05, 3.63) is 41.5 Å². The summed E-state index contributed by atoms with van der Waals surface area (Å²) in [5.74, 6) is 1.05. The molecular formula is C15H16O4. The molecule has 0 spiro atoms. The molecule has 0 fully saturated rings. The maximum atomic E-state index is 11.4. The van der Waals surface area contributed by atoms with Crippen molar-refractivity contribution in [1.82, 2.24) is 0 Å². The Kier molecular flexibility index (Phi) is 4.23. The monoisotopic (exact) mass is 260 g/mol. The van der Waals surface area contributed by atoms with Crippen molar-refractivity contribution >= 4 is 12.0 Å². The highest BCUT2D eigenvalue weighted by Crippen LogP contribution is 2.32. The van der Waals surface area contributed by atoms with Crippen molar-refractivity contribution in [3.8, 4) is 11.5 Å². The van der Waals surface area contributed by atoms with Gasteiger partial charge in [-0.05, 0) is 43.7 Å². The third kappa shape index (κ3) is 3.88. The quantitative estimate of drug-likeness (QED) is 0.474. The largest absolute Gasteiger partial charge is 0.458 e. The summed E-state index contributed by atoms with van der Waals surface area (Å²) < 4.78 is 15.5. The first-order chi connectivity index (χ1) is 9.15. The highest BCUT2D eigenvalue weighted by atomic mass is 16.7. The van der Waals surface area contributed by atoms with Gasteiger partial charge in [0.15, 0.2) is 11.5 Å². The van der Waals surface area contributed by atoms with Crippen LogP contribution in [-0.4, -0.2) is 19.4 Å². The van der Waals surface area contributed by atoms with Crippen LogP contribution in [0.2, 0.25) is 0 Å². The van der Waals surface area contributed by atoms with Crippen LogP contribution >= 0.6 is 0 Å². The number of esters is 1. The minimum absolute atomic E-state index is 0.243. The molecule has 0 bridgehead atoms. The minimum Gasteiger partial charge on any atom is -0.458 e. The molecule has 19 heavy (non-hydrogen) atoms. The van der Waals surface area contributed by atoms with Gasteiger partial charge in [-0.1, -0.05) is 11.6 Å². The SMILES string of the molecule is CC(C)=CCOC(=O)/C=C/c1ccc2c(c1)OCO2. The van der Waals surface area contributed by atoms with Crippen LogP contribution in [0.3, 0.4) is 0 Å². The van der Waals surface area contributed by atoms with Gasteiger partial charge in [0.2, 0.25) is 6.79 Å². The van der Waals surface area contributed by atoms with E-state index in [0.717, 1.165) is 16.9 Å². The number of benzene rings is 1. The van der Waals surface area contributed by atoms with E-state index in [1.54, 1.807) is 6.08 Å². The van der Waals surface area contributed by atoms with E-state index in [4.69, 9.17) is 14.2 Å². The van der Waals surface area contributed by atoms with Crippen LogP contribution in [0.5, 0.6) is 11.5 Å². The fourth-order valence-electron chi connectivity index (χ4n) is 1.52. The molecule has 0 radical (unpaired) electrons. The Morgan fingerprint density at radius 1 is 1.32 bits per heavy atom. The Bertz CT molecular complexity index is 525. The first-order valence-electron chi connectivity index (χ1n) is 6.03. The molecule has 0 amide bonds. The van der Waals surface area contributed by atoms with Gasteiger partial charge in [-0.25, -0.2) is 4.79 Å². The molecule has 0 unspecified atom stereocenters. The topological polar surface area (TPSA) is 44.8 Å². The zero-order valence-corrected chi connectivity index (χ0v) is 11.0. The lowest BCUT2D eigenvalue weighted by atomic mass is 10.2. The van der Waals surface area contributed by atoms with Gasteiger partial charge in [0.1, 0.15) is 6.61 Å². The average Bonchev–Trinajstić information content (AvgIpc) is 2.83. The molecule has 1 aromatic rings. The van der Waals surface area contributed by atoms with E-state index in [1.807, 2.05) is 38.1 Å². The molecule has 1 heterocycles. The fraction of sp³-hybridized carbons (Fsp3) is 0.267. The summed E-state index contributed by atoms with van der Waals surface area (Å²) in [7, 11) is 0. The van der Waals surface area contributed by atoms with Gasteiger partial charge in [-0.15, -0.1) is 0 Å². The van der Waals surface area contributed by atoms with Crippen LogP contribution in [0.4, 0.5) is 0 Å². The summed E-state index contributed by atoms with van der Waals surface area (Å²) >= 11 is 0. The molecule has 1 aliphatic heterocycles. The standard InChI is InChI=1S/C15H16O4/c1-11(2)7-8-17-15(16)6-4-12-3-5-13-14(9-12)19-10-18-13/h3-7,9H,8,10H2,1-2H3/b6-4+. The predicted octanol–water partition coefficient (Wildman–Crippen LogP) is 2.94. The summed E-state index contributed by atoms with van der Waals surface area (Å²) in [6.45, 7) is 4.45. The molecule has 1 aliphatic rings. The number of allylic oxidation sites excluding steroid dienone is 1. The van der Waals surface area contributed by atoms with Gasteiger partial charge in [0.05, 0.1) is 0 Å². The number of hydrogen-bond donors (Lipinski definition) is 0. The lowest BCUT2D eigenvalue weighted by molar-refractivity contribution is -0.136. The van der Waals surface area contributed by atoms with Crippen LogP contribution in [0.15, 0.2) is 35.9 Å². The molecule has 0 aliphatic carbocycles. The summed E-state index contributed by atoms with van der Waals surface area (Å²) in [4.78, 5) is 11.4. The molecule has 0 saturated heterocycles. The van der Waals surface area contributed by atoms with Gasteiger partial charge in [-0.2, -0.15) is 0 Å². The Balaban J connectivity index is 1.91. The van der Waals surface area contributed by atoms with E-state index in [-0.39, 0.29) is 12.8 Å². The average molecular weight is 260 g/mol. The third-order valence-corrected chi connectivity index (χ3v) is 2.53. The predicted molar refractivity (Wildman–Crippen MR) is 72.0 cm³/mol. The summed E-state index contributed by atoms with van der Waals surface area (Å²) in [5.41, 5.74) is 1.98. The van der Waals surface area contributed by atoms with Gasteiger partial charge >= 0.3 is 5.97 Å². The second kappa shape index (κ2) is 6.09. The van der Waals surface area contributed by atoms with Crippen molar-refractivity contribution in [1.29, 1.82) is 0 Å². The molecule has 4 heteroatoms. The molecule has 0 aromatic heterocycles. The fourth-order valence-corrected chi connectivity index (χ4v) is 1.52. The molecular weight excluding hydrogens is 244 g/mol. The van der Waals surface area contributed by atoms with Crippen molar-refractivity contribution in [2.24, 2.45) is 0 Å². The molecule has 4 nitrogen and oxygen atoms in total. The lowest BCUT2D eigenvalue weighted by Gasteiger charge is -1.99. The van der Waals surface area contributed by atoms with Crippen LogP contribution < -0.4 is 9.47 Å². The number of hydrogen-bond acceptors (Lipinski definition) is 4. The van der Waals surface area contributed by atoms with Crippen molar-refractivity contribution in [2.75, 3.05) is 13.4 Å². The second-order valence-corrected chi connectivity index (χ2v) is 4.36. The first kappa shape index (κ1) is 13.2. The Morgan fingerprint density at radius 3 is 2.89 bits per heavy atom. The van der Waals surface area contributed by atoms with E-state index in [9.17, 15) is 4.79 Å². The third-order valence-electron chi connectivity index (χ3n) is 2.53. The van der Waals surface area contributed by atoms with Crippen molar-refractivity contribution in [3.63, 3.8) is 0 Å². The van der Waals surface area contributed by atoms with Crippen molar-refractivity contribution < 1.29 is 19.0 Å². The molecule has 0 N–H and O–H groups in total. The Morgan fingerprint density at radius 2 is 2.11 bits per heavy atom. The van der Waals surface area contributed by atoms with Gasteiger partial charge in [0.25, 0.3) is 0 Å². The zero-order valence-electron chi connectivity index (χ0n) is 11.0. The highest BCUT2D eigenvalue weighted by Gasteiger charge is 2.12. The van der Waals surface area contributed by atoms with Crippen LogP contribution in [0, 0.1) is 0 Å². The van der Waals surface area contributed by atoms with Gasteiger partial charge < -0.3 is 14.2 Å². The molecule has 2 rings (SSSR count). The maximum absolute atomic E-state index is 11.4. The minimum atomic E-state index is -0.366. The number of fused-ring (bicyclic) bond motifs is 1. The van der Waals surface area contributed by atoms with E-state index < -0.39 is 0 Å². The van der Waals surface area contributed by atoms with Gasteiger partial charge in [0, 0.05) is 6.08 Å². The van der Waals surface area contributed by atoms with Crippen LogP contribution in [0.1, 0.15) is 19.4 Å². The summed E-state index contributed by atoms with van der Waals surface area (Å²) in [6.07, 6.45) is 4.94. The lowest BCUT2D eigenvalue weighted by Crippen LogP contribution is -2.00. The number of carbonyl (C=O) groups excluding carboxylic acids is 1. The highest BCUT2D eigenvalue weighted by molar-refractivity contribution is 5.87. The van der Waals surface area contributed by atoms with E-state index in [2.05, 4.69) is 0 Å².